The van der Waals surface area contributed by atoms with E-state index in [4.69, 9.17) is 10.6 Å². The van der Waals surface area contributed by atoms with Gasteiger partial charge in [-0.15, -0.1) is 0 Å². The van der Waals surface area contributed by atoms with Crippen LogP contribution < -0.4 is 0 Å². The SMILES string of the molecule is [N-]=[N+]=NC1CCC(C(=O)N2CCC(C(=O)O)CC2)CC1. The lowest BCUT2D eigenvalue weighted by Gasteiger charge is -2.34. The standard InChI is InChI=1S/C13H20N4O3/c14-16-15-11-3-1-9(2-4-11)12(18)17-7-5-10(6-8-17)13(19)20/h9-11H,1-8H2,(H,19,20). The molecule has 2 rings (SSSR count). The molecule has 0 bridgehead atoms. The number of carbonyl (C=O) groups excluding carboxylic acids is 1. The molecule has 1 heterocycles. The highest BCUT2D eigenvalue weighted by Gasteiger charge is 2.32. The van der Waals surface area contributed by atoms with Gasteiger partial charge in [0.1, 0.15) is 0 Å². The highest BCUT2D eigenvalue weighted by molar-refractivity contribution is 5.79. The lowest BCUT2D eigenvalue weighted by Crippen LogP contribution is -2.44. The van der Waals surface area contributed by atoms with Crippen LogP contribution in [0.1, 0.15) is 38.5 Å². The number of rotatable bonds is 3. The van der Waals surface area contributed by atoms with Crippen molar-refractivity contribution in [3.63, 3.8) is 0 Å². The summed E-state index contributed by atoms with van der Waals surface area (Å²) >= 11 is 0. The second-order valence-electron chi connectivity index (χ2n) is 5.65. The second kappa shape index (κ2) is 6.61. The van der Waals surface area contributed by atoms with Gasteiger partial charge in [0.25, 0.3) is 0 Å². The quantitative estimate of drug-likeness (QED) is 0.486. The molecular weight excluding hydrogens is 260 g/mol. The average Bonchev–Trinajstić information content (AvgIpc) is 2.48. The summed E-state index contributed by atoms with van der Waals surface area (Å²) in [7, 11) is 0. The zero-order chi connectivity index (χ0) is 14.5. The maximum Gasteiger partial charge on any atom is 0.306 e. The summed E-state index contributed by atoms with van der Waals surface area (Å²) in [5.74, 6) is -0.901. The van der Waals surface area contributed by atoms with Crippen molar-refractivity contribution in [1.82, 2.24) is 4.90 Å². The zero-order valence-corrected chi connectivity index (χ0v) is 11.4. The van der Waals surface area contributed by atoms with E-state index in [0.29, 0.717) is 25.9 Å². The Kier molecular flexibility index (Phi) is 4.84. The summed E-state index contributed by atoms with van der Waals surface area (Å²) in [5, 5.41) is 12.7. The Morgan fingerprint density at radius 2 is 1.65 bits per heavy atom. The summed E-state index contributed by atoms with van der Waals surface area (Å²) in [6, 6.07) is 0.0294. The maximum absolute atomic E-state index is 12.4. The van der Waals surface area contributed by atoms with Crippen LogP contribution in [0.2, 0.25) is 0 Å². The molecule has 0 radical (unpaired) electrons. The Bertz CT molecular complexity index is 393. The topological polar surface area (TPSA) is 106 Å². The van der Waals surface area contributed by atoms with Crippen molar-refractivity contribution in [2.45, 2.75) is 44.6 Å². The maximum atomic E-state index is 12.4. The van der Waals surface area contributed by atoms with Crippen molar-refractivity contribution < 1.29 is 14.7 Å². The number of carboxylic acids is 1. The number of azide groups is 1. The van der Waals surface area contributed by atoms with Crippen LogP contribution in [-0.2, 0) is 9.59 Å². The predicted octanol–water partition coefficient (Wildman–Crippen LogP) is 2.18. The average molecular weight is 280 g/mol. The van der Waals surface area contributed by atoms with Gasteiger partial charge in [0.05, 0.1) is 5.92 Å². The fraction of sp³-hybridized carbons (Fsp3) is 0.846. The summed E-state index contributed by atoms with van der Waals surface area (Å²) < 4.78 is 0. The zero-order valence-electron chi connectivity index (χ0n) is 11.4. The van der Waals surface area contributed by atoms with Crippen LogP contribution in [0.3, 0.4) is 0 Å². The third kappa shape index (κ3) is 3.42. The normalized spacial score (nSPS) is 27.7. The molecule has 0 unspecified atom stereocenters. The minimum absolute atomic E-state index is 0.0153. The van der Waals surface area contributed by atoms with Crippen LogP contribution in [0.4, 0.5) is 0 Å². The molecule has 0 atom stereocenters. The summed E-state index contributed by atoms with van der Waals surface area (Å²) in [4.78, 5) is 27.9. The molecule has 1 aliphatic carbocycles. The molecule has 110 valence electrons. The Morgan fingerprint density at radius 1 is 1.05 bits per heavy atom. The van der Waals surface area contributed by atoms with E-state index >= 15 is 0 Å². The van der Waals surface area contributed by atoms with Crippen LogP contribution in [0, 0.1) is 11.8 Å². The van der Waals surface area contributed by atoms with Gasteiger partial charge in [0.15, 0.2) is 0 Å². The van der Waals surface area contributed by atoms with Gasteiger partial charge in [-0.25, -0.2) is 0 Å². The molecular formula is C13H20N4O3. The van der Waals surface area contributed by atoms with Gasteiger partial charge >= 0.3 is 5.97 Å². The van der Waals surface area contributed by atoms with Gasteiger partial charge < -0.3 is 10.0 Å². The molecule has 2 aliphatic rings. The van der Waals surface area contributed by atoms with Crippen molar-refractivity contribution >= 4 is 11.9 Å². The molecule has 0 aromatic heterocycles. The van der Waals surface area contributed by atoms with E-state index < -0.39 is 5.97 Å². The Labute approximate surface area is 117 Å². The van der Waals surface area contributed by atoms with Crippen LogP contribution in [-0.4, -0.2) is 41.0 Å². The number of carbonyl (C=O) groups is 2. The van der Waals surface area contributed by atoms with Gasteiger partial charge in [0, 0.05) is 30.0 Å². The van der Waals surface area contributed by atoms with Crippen molar-refractivity contribution in [2.75, 3.05) is 13.1 Å². The minimum Gasteiger partial charge on any atom is -0.481 e. The molecule has 1 saturated heterocycles. The molecule has 20 heavy (non-hydrogen) atoms. The van der Waals surface area contributed by atoms with Gasteiger partial charge in [-0.05, 0) is 44.1 Å². The third-order valence-electron chi connectivity index (χ3n) is 4.42. The molecule has 0 aromatic rings. The molecule has 0 spiro atoms. The molecule has 1 saturated carbocycles. The smallest absolute Gasteiger partial charge is 0.306 e. The number of amides is 1. The number of piperidine rings is 1. The number of nitrogens with zero attached hydrogens (tertiary/aromatic N) is 4. The van der Waals surface area contributed by atoms with Crippen LogP contribution >= 0.6 is 0 Å². The van der Waals surface area contributed by atoms with Crippen molar-refractivity contribution in [2.24, 2.45) is 17.0 Å². The first-order valence-corrected chi connectivity index (χ1v) is 7.17. The lowest BCUT2D eigenvalue weighted by molar-refractivity contribution is -0.147. The number of aliphatic carboxylic acids is 1. The lowest BCUT2D eigenvalue weighted by atomic mass is 9.85. The fourth-order valence-electron chi connectivity index (χ4n) is 3.12. The van der Waals surface area contributed by atoms with Crippen molar-refractivity contribution in [3.05, 3.63) is 10.4 Å². The van der Waals surface area contributed by atoms with Crippen LogP contribution in [0.15, 0.2) is 5.11 Å². The predicted molar refractivity (Wildman–Crippen MR) is 71.8 cm³/mol. The first-order chi connectivity index (χ1) is 9.61. The summed E-state index contributed by atoms with van der Waals surface area (Å²) in [6.45, 7) is 1.10. The summed E-state index contributed by atoms with van der Waals surface area (Å²) in [6.07, 6.45) is 4.17. The van der Waals surface area contributed by atoms with E-state index in [9.17, 15) is 9.59 Å². The summed E-state index contributed by atoms with van der Waals surface area (Å²) in [5.41, 5.74) is 8.40. The van der Waals surface area contributed by atoms with E-state index in [1.54, 1.807) is 4.90 Å². The van der Waals surface area contributed by atoms with Crippen LogP contribution in [0.5, 0.6) is 0 Å². The van der Waals surface area contributed by atoms with Gasteiger partial charge in [0.2, 0.25) is 5.91 Å². The van der Waals surface area contributed by atoms with Crippen molar-refractivity contribution in [1.29, 1.82) is 0 Å². The number of carboxylic acid groups (broad SMARTS) is 1. The van der Waals surface area contributed by atoms with E-state index in [-0.39, 0.29) is 23.8 Å². The molecule has 7 nitrogen and oxygen atoms in total. The number of hydrogen-bond donors (Lipinski definition) is 1. The largest absolute Gasteiger partial charge is 0.481 e. The van der Waals surface area contributed by atoms with E-state index in [1.165, 1.54) is 0 Å². The molecule has 2 fully saturated rings. The van der Waals surface area contributed by atoms with Gasteiger partial charge in [-0.3, -0.25) is 9.59 Å². The molecule has 7 heteroatoms. The van der Waals surface area contributed by atoms with Crippen LogP contribution in [0.25, 0.3) is 10.4 Å². The Balaban J connectivity index is 1.81. The highest BCUT2D eigenvalue weighted by Crippen LogP contribution is 2.29. The molecule has 1 amide bonds. The molecule has 1 N–H and O–H groups in total. The van der Waals surface area contributed by atoms with E-state index in [1.807, 2.05) is 0 Å². The Morgan fingerprint density at radius 3 is 2.15 bits per heavy atom. The molecule has 1 aliphatic heterocycles. The van der Waals surface area contributed by atoms with Crippen molar-refractivity contribution in [3.8, 4) is 0 Å². The van der Waals surface area contributed by atoms with Gasteiger partial charge in [-0.1, -0.05) is 5.11 Å². The number of likely N-dealkylation sites (tertiary alicyclic amines) is 1. The van der Waals surface area contributed by atoms with E-state index in [0.717, 1.165) is 25.7 Å². The Hall–Kier alpha value is -1.75. The van der Waals surface area contributed by atoms with E-state index in [2.05, 4.69) is 10.0 Å². The first kappa shape index (κ1) is 14.7. The highest BCUT2D eigenvalue weighted by atomic mass is 16.4. The molecule has 0 aromatic carbocycles. The monoisotopic (exact) mass is 280 g/mol. The van der Waals surface area contributed by atoms with Gasteiger partial charge in [-0.2, -0.15) is 0 Å². The second-order valence-corrected chi connectivity index (χ2v) is 5.65. The third-order valence-corrected chi connectivity index (χ3v) is 4.42. The fourth-order valence-corrected chi connectivity index (χ4v) is 3.12. The number of hydrogen-bond acceptors (Lipinski definition) is 3. The minimum atomic E-state index is -0.757. The first-order valence-electron chi connectivity index (χ1n) is 7.17.